The molecule has 1 aromatic carbocycles. The smallest absolute Gasteiger partial charge is 0.258 e. The van der Waals surface area contributed by atoms with E-state index in [0.29, 0.717) is 5.03 Å². The molecule has 0 spiro atoms. The molecule has 22 heavy (non-hydrogen) atoms. The lowest BCUT2D eigenvalue weighted by atomic mass is 10.1. The molecule has 110 valence electrons. The highest BCUT2D eigenvalue weighted by molar-refractivity contribution is 7.93. The SMILES string of the molecule is Cn1cc(-c2ccc3cnn(C4=CC(=O)NS4=O)c3c2)cn1. The van der Waals surface area contributed by atoms with Crippen molar-refractivity contribution in [1.29, 1.82) is 0 Å². The molecule has 2 aromatic heterocycles. The summed E-state index contributed by atoms with van der Waals surface area (Å²) in [6, 6.07) is 5.86. The van der Waals surface area contributed by atoms with Crippen LogP contribution < -0.4 is 4.72 Å². The Bertz CT molecular complexity index is 969. The third kappa shape index (κ3) is 1.96. The minimum absolute atomic E-state index is 0.336. The van der Waals surface area contributed by atoms with Crippen LogP contribution in [0.2, 0.25) is 0 Å². The van der Waals surface area contributed by atoms with Gasteiger partial charge < -0.3 is 0 Å². The normalized spacial score (nSPS) is 17.8. The van der Waals surface area contributed by atoms with Crippen LogP contribution in [-0.2, 0) is 22.8 Å². The number of carbonyl (C=O) groups is 1. The molecule has 1 aliphatic rings. The van der Waals surface area contributed by atoms with Gasteiger partial charge in [-0.2, -0.15) is 10.2 Å². The average molecular weight is 313 g/mol. The molecule has 0 fully saturated rings. The third-order valence-electron chi connectivity index (χ3n) is 3.46. The van der Waals surface area contributed by atoms with Crippen molar-refractivity contribution in [2.24, 2.45) is 7.05 Å². The molecule has 8 heteroatoms. The van der Waals surface area contributed by atoms with E-state index in [1.54, 1.807) is 17.1 Å². The second kappa shape index (κ2) is 4.63. The van der Waals surface area contributed by atoms with E-state index in [9.17, 15) is 9.00 Å². The predicted molar refractivity (Wildman–Crippen MR) is 82.5 cm³/mol. The number of amides is 1. The molecule has 0 saturated heterocycles. The third-order valence-corrected chi connectivity index (χ3v) is 4.51. The molecule has 7 nitrogen and oxygen atoms in total. The molecule has 1 atom stereocenters. The summed E-state index contributed by atoms with van der Waals surface area (Å²) in [5, 5.41) is 9.65. The van der Waals surface area contributed by atoms with Crippen LogP contribution in [0, 0.1) is 0 Å². The number of aromatic nitrogens is 4. The number of nitrogens with zero attached hydrogens (tertiary/aromatic N) is 4. The fourth-order valence-corrected chi connectivity index (χ4v) is 3.29. The Kier molecular flexibility index (Phi) is 2.73. The molecule has 1 aliphatic heterocycles. The van der Waals surface area contributed by atoms with E-state index in [2.05, 4.69) is 14.9 Å². The monoisotopic (exact) mass is 313 g/mol. The van der Waals surface area contributed by atoms with Crippen molar-refractivity contribution in [2.45, 2.75) is 0 Å². The molecule has 1 unspecified atom stereocenters. The van der Waals surface area contributed by atoms with Crippen molar-refractivity contribution < 1.29 is 9.00 Å². The summed E-state index contributed by atoms with van der Waals surface area (Å²) in [6.45, 7) is 0. The number of benzene rings is 1. The van der Waals surface area contributed by atoms with Crippen molar-refractivity contribution in [3.63, 3.8) is 0 Å². The Balaban J connectivity index is 1.89. The molecule has 3 heterocycles. The van der Waals surface area contributed by atoms with Crippen molar-refractivity contribution in [3.05, 3.63) is 42.9 Å². The minimum atomic E-state index is -1.58. The Morgan fingerprint density at radius 2 is 2.05 bits per heavy atom. The van der Waals surface area contributed by atoms with Crippen molar-refractivity contribution in [1.82, 2.24) is 24.3 Å². The fourth-order valence-electron chi connectivity index (χ4n) is 2.42. The maximum Gasteiger partial charge on any atom is 0.258 e. The first-order valence-corrected chi connectivity index (χ1v) is 7.68. The first-order chi connectivity index (χ1) is 10.6. The lowest BCUT2D eigenvalue weighted by Gasteiger charge is -2.04. The zero-order valence-electron chi connectivity index (χ0n) is 11.6. The van der Waals surface area contributed by atoms with Gasteiger partial charge in [-0.3, -0.25) is 14.2 Å². The number of fused-ring (bicyclic) bond motifs is 1. The number of hydrogen-bond donors (Lipinski definition) is 1. The van der Waals surface area contributed by atoms with Crippen LogP contribution in [0.25, 0.3) is 27.1 Å². The topological polar surface area (TPSA) is 81.8 Å². The fraction of sp³-hybridized carbons (Fsp3) is 0.0714. The average Bonchev–Trinajstić information content (AvgIpc) is 3.17. The summed E-state index contributed by atoms with van der Waals surface area (Å²) >= 11 is 0. The van der Waals surface area contributed by atoms with E-state index in [1.807, 2.05) is 31.4 Å². The Morgan fingerprint density at radius 3 is 2.73 bits per heavy atom. The van der Waals surface area contributed by atoms with Crippen molar-refractivity contribution >= 4 is 32.8 Å². The molecule has 0 aliphatic carbocycles. The number of rotatable bonds is 2. The Hall–Kier alpha value is -2.74. The van der Waals surface area contributed by atoms with Crippen LogP contribution in [0.1, 0.15) is 0 Å². The van der Waals surface area contributed by atoms with Crippen LogP contribution >= 0.6 is 0 Å². The quantitative estimate of drug-likeness (QED) is 0.766. The van der Waals surface area contributed by atoms with Gasteiger partial charge in [0, 0.05) is 30.3 Å². The van der Waals surface area contributed by atoms with Gasteiger partial charge in [-0.25, -0.2) is 8.89 Å². The van der Waals surface area contributed by atoms with E-state index in [0.717, 1.165) is 22.0 Å². The van der Waals surface area contributed by atoms with E-state index in [4.69, 9.17) is 0 Å². The number of aryl methyl sites for hydroxylation is 1. The summed E-state index contributed by atoms with van der Waals surface area (Å²) < 4.78 is 17.5. The number of nitrogens with one attached hydrogen (secondary N) is 1. The lowest BCUT2D eigenvalue weighted by molar-refractivity contribution is -0.114. The molecular weight excluding hydrogens is 302 g/mol. The molecule has 0 radical (unpaired) electrons. The standard InChI is InChI=1S/C14H11N5O2S/c1-18-8-11(7-15-18)9-2-3-10-6-16-19(12(10)4-9)14-5-13(20)17-22(14)21/h2-8H,1H3,(H,17,20). The minimum Gasteiger partial charge on any atom is -0.275 e. The van der Waals surface area contributed by atoms with Gasteiger partial charge in [-0.15, -0.1) is 0 Å². The number of carbonyl (C=O) groups excluding carboxylic acids is 1. The van der Waals surface area contributed by atoms with E-state index in [-0.39, 0.29) is 5.91 Å². The summed E-state index contributed by atoms with van der Waals surface area (Å²) in [6.07, 6.45) is 6.68. The van der Waals surface area contributed by atoms with E-state index < -0.39 is 11.0 Å². The molecule has 0 bridgehead atoms. The second-order valence-corrected chi connectivity index (χ2v) is 6.11. The summed E-state index contributed by atoms with van der Waals surface area (Å²) in [7, 11) is 0.280. The van der Waals surface area contributed by atoms with Gasteiger partial charge in [0.25, 0.3) is 5.91 Å². The Morgan fingerprint density at radius 1 is 1.18 bits per heavy atom. The van der Waals surface area contributed by atoms with Crippen LogP contribution in [0.15, 0.2) is 42.9 Å². The van der Waals surface area contributed by atoms with Gasteiger partial charge in [-0.1, -0.05) is 12.1 Å². The zero-order chi connectivity index (χ0) is 15.3. The largest absolute Gasteiger partial charge is 0.275 e. The zero-order valence-corrected chi connectivity index (χ0v) is 12.4. The summed E-state index contributed by atoms with van der Waals surface area (Å²) in [5.41, 5.74) is 2.75. The summed E-state index contributed by atoms with van der Waals surface area (Å²) in [5.74, 6) is -0.375. The number of hydrogen-bond acceptors (Lipinski definition) is 4. The molecule has 4 rings (SSSR count). The first-order valence-electron chi connectivity index (χ1n) is 6.53. The second-order valence-electron chi connectivity index (χ2n) is 4.95. The predicted octanol–water partition coefficient (Wildman–Crippen LogP) is 1.03. The van der Waals surface area contributed by atoms with Crippen LogP contribution in [0.5, 0.6) is 0 Å². The Labute approximate surface area is 127 Å². The van der Waals surface area contributed by atoms with Gasteiger partial charge in [0.2, 0.25) is 0 Å². The van der Waals surface area contributed by atoms with Crippen LogP contribution in [-0.4, -0.2) is 29.7 Å². The molecule has 1 amide bonds. The molecule has 3 aromatic rings. The van der Waals surface area contributed by atoms with Gasteiger partial charge in [0.15, 0.2) is 16.0 Å². The molecule has 1 N–H and O–H groups in total. The van der Waals surface area contributed by atoms with Crippen molar-refractivity contribution in [3.8, 4) is 11.1 Å². The molecular formula is C14H11N5O2S. The van der Waals surface area contributed by atoms with Gasteiger partial charge in [0.05, 0.1) is 17.9 Å². The molecule has 0 saturated carbocycles. The first kappa shape index (κ1) is 13.0. The highest BCUT2D eigenvalue weighted by Gasteiger charge is 2.23. The van der Waals surface area contributed by atoms with Crippen LogP contribution in [0.3, 0.4) is 0 Å². The van der Waals surface area contributed by atoms with Crippen LogP contribution in [0.4, 0.5) is 0 Å². The van der Waals surface area contributed by atoms with Gasteiger partial charge in [-0.05, 0) is 11.6 Å². The lowest BCUT2D eigenvalue weighted by Crippen LogP contribution is -2.17. The maximum absolute atomic E-state index is 11.9. The van der Waals surface area contributed by atoms with Gasteiger partial charge >= 0.3 is 0 Å². The maximum atomic E-state index is 11.9. The highest BCUT2D eigenvalue weighted by atomic mass is 32.2. The van der Waals surface area contributed by atoms with E-state index >= 15 is 0 Å². The highest BCUT2D eigenvalue weighted by Crippen LogP contribution is 2.26. The van der Waals surface area contributed by atoms with E-state index in [1.165, 1.54) is 10.8 Å². The van der Waals surface area contributed by atoms with Crippen molar-refractivity contribution in [2.75, 3.05) is 0 Å². The van der Waals surface area contributed by atoms with Gasteiger partial charge in [0.1, 0.15) is 0 Å². The summed E-state index contributed by atoms with van der Waals surface area (Å²) in [4.78, 5) is 11.4.